The van der Waals surface area contributed by atoms with Crippen LogP contribution in [0, 0.1) is 0 Å². The minimum Gasteiger partial charge on any atom is -0.389 e. The maximum absolute atomic E-state index is 6.51. The van der Waals surface area contributed by atoms with Crippen LogP contribution >= 0.6 is 0 Å². The Morgan fingerprint density at radius 3 is 1.09 bits per heavy atom. The lowest BCUT2D eigenvalue weighted by Gasteiger charge is -2.27. The van der Waals surface area contributed by atoms with Gasteiger partial charge in [-0.1, -0.05) is 262 Å². The summed E-state index contributed by atoms with van der Waals surface area (Å²) < 4.78 is 2.04. The molecule has 4 nitrogen and oxygen atoms in total. The second-order valence-electron chi connectivity index (χ2n) is 19.4. The summed E-state index contributed by atoms with van der Waals surface area (Å²) in [6.45, 7) is 2.19. The van der Waals surface area contributed by atoms with Crippen LogP contribution in [0.2, 0.25) is 0 Å². The van der Waals surface area contributed by atoms with E-state index in [4.69, 9.17) is 15.1 Å². The topological polar surface area (TPSA) is 39.4 Å². The van der Waals surface area contributed by atoms with Crippen molar-refractivity contribution in [1.82, 2.24) is 9.78 Å². The summed E-state index contributed by atoms with van der Waals surface area (Å²) in [5.74, 6) is 0. The molecule has 0 N–H and O–H groups in total. The monoisotopic (exact) mass is 802 g/mol. The normalized spacial score (nSPS) is 22.6. The fourth-order valence-electron chi connectivity index (χ4n) is 10.3. The Morgan fingerprint density at radius 1 is 0.466 bits per heavy atom. The van der Waals surface area contributed by atoms with E-state index in [9.17, 15) is 0 Å². The average Bonchev–Trinajstić information content (AvgIpc) is 3.81. The van der Waals surface area contributed by atoms with Gasteiger partial charge in [0.05, 0.1) is 16.9 Å². The molecule has 1 aromatic carbocycles. The lowest BCUT2D eigenvalue weighted by molar-refractivity contribution is -0.0349. The predicted octanol–water partition coefficient (Wildman–Crippen LogP) is 18.0. The Hall–Kier alpha value is -1.84. The first kappa shape index (κ1) is 48.8. The number of aromatic nitrogens is 2. The average molecular weight is 802 g/mol. The molecule has 2 heterocycles. The molecule has 0 unspecified atom stereocenters. The van der Waals surface area contributed by atoms with Gasteiger partial charge < -0.3 is 4.84 Å². The number of benzene rings is 1. The van der Waals surface area contributed by atoms with E-state index in [0.29, 0.717) is 0 Å². The molecule has 2 aromatic rings. The summed E-state index contributed by atoms with van der Waals surface area (Å²) in [5.41, 5.74) is 4.63. The van der Waals surface area contributed by atoms with Gasteiger partial charge in [-0.2, -0.15) is 5.10 Å². The molecule has 0 atom stereocenters. The van der Waals surface area contributed by atoms with Gasteiger partial charge in [-0.05, 0) is 38.2 Å². The first-order valence-electron chi connectivity index (χ1n) is 26.4. The van der Waals surface area contributed by atoms with Crippen LogP contribution in [-0.2, 0) is 18.3 Å². The van der Waals surface area contributed by atoms with Crippen molar-refractivity contribution in [3.05, 3.63) is 29.5 Å². The number of hydrogen-bond donors (Lipinski definition) is 0. The van der Waals surface area contributed by atoms with Gasteiger partial charge in [0.2, 0.25) is 0 Å². The molecule has 58 heavy (non-hydrogen) atoms. The summed E-state index contributed by atoms with van der Waals surface area (Å²) in [6.07, 6.45) is 60.5. The standard InChI is InChI=1S/C54H95N3O/c1-3-51-50-44-43-49(47-53(50)57(2)55-51)52-48-54(58-56-52)45-41-39-37-35-33-31-29-27-25-23-21-19-17-15-13-11-9-7-5-4-6-8-10-12-14-16-18-20-22-24-26-28-30-32-34-36-38-40-42-46-54/h43-44,47H,3-42,45-46,48H2,1-2H3. The van der Waals surface area contributed by atoms with Gasteiger partial charge in [-0.15, -0.1) is 0 Å². The third-order valence-electron chi connectivity index (χ3n) is 14.2. The highest BCUT2D eigenvalue weighted by Crippen LogP contribution is 2.37. The van der Waals surface area contributed by atoms with Gasteiger partial charge in [0.1, 0.15) is 5.60 Å². The van der Waals surface area contributed by atoms with E-state index < -0.39 is 0 Å². The fraction of sp³-hybridized carbons (Fsp3) is 0.852. The van der Waals surface area contributed by atoms with E-state index in [-0.39, 0.29) is 5.60 Å². The zero-order valence-electron chi connectivity index (χ0n) is 38.9. The number of oxime groups is 1. The number of fused-ring (bicyclic) bond motifs is 1. The number of nitrogens with zero attached hydrogens (tertiary/aromatic N) is 3. The molecule has 332 valence electrons. The Kier molecular flexibility index (Phi) is 26.9. The zero-order chi connectivity index (χ0) is 40.6. The van der Waals surface area contributed by atoms with E-state index in [1.54, 1.807) is 0 Å². The van der Waals surface area contributed by atoms with Crippen molar-refractivity contribution in [2.75, 3.05) is 0 Å². The van der Waals surface area contributed by atoms with Gasteiger partial charge in [0, 0.05) is 24.4 Å². The van der Waals surface area contributed by atoms with Crippen molar-refractivity contribution >= 4 is 16.6 Å². The number of hydrogen-bond acceptors (Lipinski definition) is 3. The molecule has 2 aliphatic rings. The Bertz CT molecular complexity index is 1270. The van der Waals surface area contributed by atoms with Crippen molar-refractivity contribution in [3.63, 3.8) is 0 Å². The second kappa shape index (κ2) is 32.0. The Morgan fingerprint density at radius 2 is 0.776 bits per heavy atom. The molecule has 0 saturated heterocycles. The van der Waals surface area contributed by atoms with Crippen LogP contribution in [0.3, 0.4) is 0 Å². The second-order valence-corrected chi connectivity index (χ2v) is 19.4. The van der Waals surface area contributed by atoms with Gasteiger partial charge >= 0.3 is 0 Å². The summed E-state index contributed by atoms with van der Waals surface area (Å²) in [4.78, 5) is 6.51. The van der Waals surface area contributed by atoms with Gasteiger partial charge in [-0.3, -0.25) is 4.68 Å². The van der Waals surface area contributed by atoms with Crippen LogP contribution in [0.15, 0.2) is 23.4 Å². The Balaban J connectivity index is 1.14. The van der Waals surface area contributed by atoms with Crippen LogP contribution in [0.4, 0.5) is 0 Å². The van der Waals surface area contributed by atoms with Crippen LogP contribution in [-0.4, -0.2) is 21.1 Å². The number of rotatable bonds is 2. The molecule has 1 aliphatic carbocycles. The maximum Gasteiger partial charge on any atom is 0.143 e. The van der Waals surface area contributed by atoms with E-state index in [0.717, 1.165) is 31.4 Å². The lowest BCUT2D eigenvalue weighted by atomic mass is 9.84. The molecular weight excluding hydrogens is 707 g/mol. The van der Waals surface area contributed by atoms with Crippen LogP contribution in [0.1, 0.15) is 288 Å². The Labute approximate surface area is 360 Å². The van der Waals surface area contributed by atoms with Crippen LogP contribution in [0.25, 0.3) is 10.9 Å². The summed E-state index contributed by atoms with van der Waals surface area (Å²) in [7, 11) is 2.07. The third kappa shape index (κ3) is 20.6. The van der Waals surface area contributed by atoms with Gasteiger partial charge in [0.25, 0.3) is 0 Å². The van der Waals surface area contributed by atoms with Crippen LogP contribution < -0.4 is 0 Å². The van der Waals surface area contributed by atoms with E-state index in [2.05, 4.69) is 32.2 Å². The van der Waals surface area contributed by atoms with Crippen LogP contribution in [0.5, 0.6) is 0 Å². The van der Waals surface area contributed by atoms with Crippen molar-refractivity contribution in [3.8, 4) is 0 Å². The highest BCUT2D eigenvalue weighted by atomic mass is 16.7. The molecule has 1 saturated carbocycles. The molecule has 1 fully saturated rings. The maximum atomic E-state index is 6.51. The predicted molar refractivity (Wildman–Crippen MR) is 254 cm³/mol. The number of aryl methyl sites for hydroxylation is 2. The molecule has 0 bridgehead atoms. The largest absolute Gasteiger partial charge is 0.389 e. The summed E-state index contributed by atoms with van der Waals surface area (Å²) in [6, 6.07) is 6.82. The van der Waals surface area contributed by atoms with E-state index in [1.165, 1.54) is 273 Å². The molecule has 1 spiro atoms. The third-order valence-corrected chi connectivity index (χ3v) is 14.2. The summed E-state index contributed by atoms with van der Waals surface area (Å²) >= 11 is 0. The van der Waals surface area contributed by atoms with E-state index in [1.807, 2.05) is 4.68 Å². The highest BCUT2D eigenvalue weighted by molar-refractivity contribution is 6.04. The van der Waals surface area contributed by atoms with E-state index >= 15 is 0 Å². The smallest absolute Gasteiger partial charge is 0.143 e. The molecular formula is C54H95N3O. The minimum atomic E-state index is -0.114. The van der Waals surface area contributed by atoms with Crippen molar-refractivity contribution in [2.24, 2.45) is 12.2 Å². The zero-order valence-corrected chi connectivity index (χ0v) is 38.9. The SMILES string of the molecule is CCc1nn(C)c2cc(C3=NOC4(CCCCCCCCCCCCCCCCCCCCCCCCCCCCCCCCCCCCCCCCC4)C3)ccc12. The van der Waals surface area contributed by atoms with Gasteiger partial charge in [-0.25, -0.2) is 0 Å². The van der Waals surface area contributed by atoms with Crippen molar-refractivity contribution in [1.29, 1.82) is 0 Å². The summed E-state index contributed by atoms with van der Waals surface area (Å²) in [5, 5.41) is 10.9. The first-order valence-corrected chi connectivity index (χ1v) is 26.4. The van der Waals surface area contributed by atoms with Crippen molar-refractivity contribution in [2.45, 2.75) is 289 Å². The molecule has 1 aliphatic heterocycles. The molecule has 0 amide bonds. The quantitative estimate of drug-likeness (QED) is 0.303. The van der Waals surface area contributed by atoms with Crippen molar-refractivity contribution < 1.29 is 4.84 Å². The van der Waals surface area contributed by atoms with Gasteiger partial charge in [0.15, 0.2) is 0 Å². The lowest BCUT2D eigenvalue weighted by Crippen LogP contribution is -2.29. The minimum absolute atomic E-state index is 0.114. The molecule has 4 rings (SSSR count). The molecule has 0 radical (unpaired) electrons. The fourth-order valence-corrected chi connectivity index (χ4v) is 10.3. The first-order chi connectivity index (χ1) is 28.7. The molecule has 4 heteroatoms. The molecule has 1 aromatic heterocycles. The highest BCUT2D eigenvalue weighted by Gasteiger charge is 2.38.